The summed E-state index contributed by atoms with van der Waals surface area (Å²) in [6, 6.07) is 1.90. The lowest BCUT2D eigenvalue weighted by atomic mass is 10.4. The van der Waals surface area contributed by atoms with Crippen LogP contribution >= 0.6 is 11.8 Å². The predicted molar refractivity (Wildman–Crippen MR) is 65.6 cm³/mol. The van der Waals surface area contributed by atoms with Crippen molar-refractivity contribution >= 4 is 23.5 Å². The first-order valence-corrected chi connectivity index (χ1v) is 6.35. The Bertz CT molecular complexity index is 412. The molecule has 0 fully saturated rings. The Morgan fingerprint density at radius 3 is 3.41 bits per heavy atom. The molecule has 1 N–H and O–H groups in total. The van der Waals surface area contributed by atoms with Gasteiger partial charge >= 0.3 is 5.97 Å². The number of carbonyl (C=O) groups is 1. The van der Waals surface area contributed by atoms with E-state index in [1.807, 2.05) is 6.07 Å². The SMILES string of the molecule is COC(=O)CCSc1ccnc2c1OCCN2. The van der Waals surface area contributed by atoms with Gasteiger partial charge in [-0.05, 0) is 6.07 Å². The molecule has 2 heterocycles. The molecule has 6 heteroatoms. The van der Waals surface area contributed by atoms with Crippen LogP contribution in [0, 0.1) is 0 Å². The maximum atomic E-state index is 11.0. The lowest BCUT2D eigenvalue weighted by molar-refractivity contribution is -0.140. The van der Waals surface area contributed by atoms with Gasteiger partial charge in [-0.2, -0.15) is 0 Å². The van der Waals surface area contributed by atoms with Gasteiger partial charge in [-0.3, -0.25) is 4.79 Å². The van der Waals surface area contributed by atoms with E-state index in [0.29, 0.717) is 18.8 Å². The highest BCUT2D eigenvalue weighted by Gasteiger charge is 2.15. The molecule has 1 aliphatic rings. The maximum absolute atomic E-state index is 11.0. The molecule has 0 aliphatic carbocycles. The van der Waals surface area contributed by atoms with Crippen molar-refractivity contribution < 1.29 is 14.3 Å². The Hall–Kier alpha value is -1.43. The molecular weight excluding hydrogens is 240 g/mol. The summed E-state index contributed by atoms with van der Waals surface area (Å²) in [6.45, 7) is 1.42. The van der Waals surface area contributed by atoms with Gasteiger partial charge in [0.1, 0.15) is 6.61 Å². The number of nitrogens with zero attached hydrogens (tertiary/aromatic N) is 1. The summed E-state index contributed by atoms with van der Waals surface area (Å²) in [6.07, 6.45) is 2.13. The molecule has 5 nitrogen and oxygen atoms in total. The Morgan fingerprint density at radius 2 is 2.59 bits per heavy atom. The largest absolute Gasteiger partial charge is 0.487 e. The van der Waals surface area contributed by atoms with Gasteiger partial charge in [0.05, 0.1) is 25.0 Å². The molecular formula is C11H14N2O3S. The van der Waals surface area contributed by atoms with Crippen molar-refractivity contribution in [2.45, 2.75) is 11.3 Å². The van der Waals surface area contributed by atoms with Crippen LogP contribution < -0.4 is 10.1 Å². The van der Waals surface area contributed by atoms with Crippen molar-refractivity contribution in [1.29, 1.82) is 0 Å². The average molecular weight is 254 g/mol. The monoisotopic (exact) mass is 254 g/mol. The summed E-state index contributed by atoms with van der Waals surface area (Å²) in [7, 11) is 1.40. The Kier molecular flexibility index (Phi) is 4.08. The molecule has 1 aromatic heterocycles. The fourth-order valence-electron chi connectivity index (χ4n) is 1.48. The number of hydrogen-bond acceptors (Lipinski definition) is 6. The smallest absolute Gasteiger partial charge is 0.306 e. The number of thioether (sulfide) groups is 1. The van der Waals surface area contributed by atoms with Crippen molar-refractivity contribution in [3.8, 4) is 5.75 Å². The van der Waals surface area contributed by atoms with E-state index in [-0.39, 0.29) is 5.97 Å². The van der Waals surface area contributed by atoms with Crippen LogP contribution in [0.4, 0.5) is 5.82 Å². The standard InChI is InChI=1S/C11H14N2O3S/c1-15-9(14)3-7-17-8-2-4-12-11-10(8)16-6-5-13-11/h2,4H,3,5-7H2,1H3,(H,12,13). The van der Waals surface area contributed by atoms with E-state index in [1.165, 1.54) is 7.11 Å². The molecule has 92 valence electrons. The number of esters is 1. The molecule has 0 bridgehead atoms. The first kappa shape index (κ1) is 12.0. The van der Waals surface area contributed by atoms with Crippen molar-refractivity contribution in [3.63, 3.8) is 0 Å². The van der Waals surface area contributed by atoms with Crippen molar-refractivity contribution in [1.82, 2.24) is 4.98 Å². The summed E-state index contributed by atoms with van der Waals surface area (Å²) in [4.78, 5) is 16.2. The number of pyridine rings is 1. The molecule has 0 atom stereocenters. The second-order valence-corrected chi connectivity index (χ2v) is 4.57. The van der Waals surface area contributed by atoms with Crippen molar-refractivity contribution in [3.05, 3.63) is 12.3 Å². The van der Waals surface area contributed by atoms with E-state index in [2.05, 4.69) is 15.0 Å². The molecule has 0 unspecified atom stereocenters. The quantitative estimate of drug-likeness (QED) is 0.649. The number of carbonyl (C=O) groups excluding carboxylic acids is 1. The minimum absolute atomic E-state index is 0.195. The van der Waals surface area contributed by atoms with Gasteiger partial charge in [-0.25, -0.2) is 4.98 Å². The molecule has 0 spiro atoms. The zero-order valence-corrected chi connectivity index (χ0v) is 10.4. The highest BCUT2D eigenvalue weighted by atomic mass is 32.2. The molecule has 0 amide bonds. The lowest BCUT2D eigenvalue weighted by Gasteiger charge is -2.20. The van der Waals surface area contributed by atoms with Crippen LogP contribution in [0.15, 0.2) is 17.2 Å². The third-order valence-electron chi connectivity index (χ3n) is 2.30. The van der Waals surface area contributed by atoms with Crippen molar-refractivity contribution in [2.24, 2.45) is 0 Å². The number of nitrogens with one attached hydrogen (secondary N) is 1. The molecule has 0 radical (unpaired) electrons. The van der Waals surface area contributed by atoms with Gasteiger partial charge in [0, 0.05) is 11.9 Å². The first-order valence-electron chi connectivity index (χ1n) is 5.36. The zero-order chi connectivity index (χ0) is 12.1. The van der Waals surface area contributed by atoms with E-state index in [4.69, 9.17) is 4.74 Å². The fraction of sp³-hybridized carbons (Fsp3) is 0.455. The highest BCUT2D eigenvalue weighted by Crippen LogP contribution is 2.36. The van der Waals surface area contributed by atoms with Gasteiger partial charge in [0.15, 0.2) is 11.6 Å². The number of ether oxygens (including phenoxy) is 2. The number of methoxy groups -OCH3 is 1. The Morgan fingerprint density at radius 1 is 1.71 bits per heavy atom. The van der Waals surface area contributed by atoms with E-state index in [1.54, 1.807) is 18.0 Å². The van der Waals surface area contributed by atoms with E-state index >= 15 is 0 Å². The molecule has 2 rings (SSSR count). The van der Waals surface area contributed by atoms with E-state index in [0.717, 1.165) is 23.0 Å². The minimum atomic E-state index is -0.195. The molecule has 0 saturated carbocycles. The summed E-state index contributed by atoms with van der Waals surface area (Å²) in [5.74, 6) is 2.04. The second kappa shape index (κ2) is 5.77. The Labute approximate surface area is 104 Å². The molecule has 1 aromatic rings. The van der Waals surface area contributed by atoms with Crippen LogP contribution in [0.5, 0.6) is 5.75 Å². The molecule has 0 saturated heterocycles. The van der Waals surface area contributed by atoms with Crippen LogP contribution in [-0.2, 0) is 9.53 Å². The summed E-state index contributed by atoms with van der Waals surface area (Å²) < 4.78 is 10.2. The van der Waals surface area contributed by atoms with Gasteiger partial charge in [0.25, 0.3) is 0 Å². The van der Waals surface area contributed by atoms with Gasteiger partial charge < -0.3 is 14.8 Å². The van der Waals surface area contributed by atoms with Crippen LogP contribution in [0.3, 0.4) is 0 Å². The zero-order valence-electron chi connectivity index (χ0n) is 9.56. The third kappa shape index (κ3) is 3.03. The van der Waals surface area contributed by atoms with E-state index < -0.39 is 0 Å². The van der Waals surface area contributed by atoms with Crippen LogP contribution in [-0.4, -0.2) is 37.0 Å². The Balaban J connectivity index is 1.98. The van der Waals surface area contributed by atoms with Crippen LogP contribution in [0.25, 0.3) is 0 Å². The number of fused-ring (bicyclic) bond motifs is 1. The number of rotatable bonds is 4. The van der Waals surface area contributed by atoms with Crippen molar-refractivity contribution in [2.75, 3.05) is 31.3 Å². The maximum Gasteiger partial charge on any atom is 0.306 e. The summed E-state index contributed by atoms with van der Waals surface area (Å²) in [5.41, 5.74) is 0. The predicted octanol–water partition coefficient (Wildman–Crippen LogP) is 1.54. The normalized spacial score (nSPS) is 13.2. The van der Waals surface area contributed by atoms with Gasteiger partial charge in [0.2, 0.25) is 0 Å². The van der Waals surface area contributed by atoms with Crippen LogP contribution in [0.1, 0.15) is 6.42 Å². The molecule has 0 aromatic carbocycles. The van der Waals surface area contributed by atoms with Gasteiger partial charge in [-0.15, -0.1) is 11.8 Å². The first-order chi connectivity index (χ1) is 8.31. The topological polar surface area (TPSA) is 60.5 Å². The lowest BCUT2D eigenvalue weighted by Crippen LogP contribution is -2.19. The highest BCUT2D eigenvalue weighted by molar-refractivity contribution is 7.99. The van der Waals surface area contributed by atoms with Gasteiger partial charge in [-0.1, -0.05) is 0 Å². The number of anilines is 1. The second-order valence-electron chi connectivity index (χ2n) is 3.44. The minimum Gasteiger partial charge on any atom is -0.487 e. The average Bonchev–Trinajstić information content (AvgIpc) is 2.39. The summed E-state index contributed by atoms with van der Waals surface area (Å²) >= 11 is 1.57. The molecule has 17 heavy (non-hydrogen) atoms. The van der Waals surface area contributed by atoms with Crippen LogP contribution in [0.2, 0.25) is 0 Å². The van der Waals surface area contributed by atoms with E-state index in [9.17, 15) is 4.79 Å². The summed E-state index contributed by atoms with van der Waals surface area (Å²) in [5, 5.41) is 3.17. The molecule has 1 aliphatic heterocycles. The third-order valence-corrected chi connectivity index (χ3v) is 3.34. The number of aromatic nitrogens is 1. The number of hydrogen-bond donors (Lipinski definition) is 1. The fourth-order valence-corrected chi connectivity index (χ4v) is 2.41.